The van der Waals surface area contributed by atoms with Crippen molar-refractivity contribution in [1.82, 2.24) is 10.2 Å². The summed E-state index contributed by atoms with van der Waals surface area (Å²) >= 11 is 0. The zero-order valence-corrected chi connectivity index (χ0v) is 10.1. The molecule has 0 radical (unpaired) electrons. The zero-order valence-electron chi connectivity index (χ0n) is 10.1. The Balaban J connectivity index is 2.05. The molecule has 0 saturated carbocycles. The lowest BCUT2D eigenvalue weighted by Crippen LogP contribution is -2.38. The average molecular weight is 198 g/mol. The van der Waals surface area contributed by atoms with Crippen molar-refractivity contribution in [2.45, 2.75) is 58.0 Å². The van der Waals surface area contributed by atoms with Crippen LogP contribution in [0.1, 0.15) is 46.0 Å². The molecule has 0 aliphatic carbocycles. The normalized spacial score (nSPS) is 25.5. The van der Waals surface area contributed by atoms with Crippen LogP contribution in [-0.4, -0.2) is 37.1 Å². The van der Waals surface area contributed by atoms with Crippen molar-refractivity contribution in [1.29, 1.82) is 0 Å². The molecule has 2 nitrogen and oxygen atoms in total. The SMILES string of the molecule is CCCCCC(C)NC1CCN(C)C1. The summed E-state index contributed by atoms with van der Waals surface area (Å²) in [5, 5.41) is 3.73. The first-order valence-electron chi connectivity index (χ1n) is 6.17. The molecule has 1 aliphatic rings. The predicted octanol–water partition coefficient (Wildman–Crippen LogP) is 2.25. The minimum Gasteiger partial charge on any atom is -0.310 e. The maximum Gasteiger partial charge on any atom is 0.0209 e. The molecule has 0 aromatic rings. The second kappa shape index (κ2) is 6.41. The Morgan fingerprint density at radius 3 is 2.79 bits per heavy atom. The first-order valence-corrected chi connectivity index (χ1v) is 6.17. The van der Waals surface area contributed by atoms with Gasteiger partial charge in [-0.25, -0.2) is 0 Å². The maximum atomic E-state index is 3.73. The summed E-state index contributed by atoms with van der Waals surface area (Å²) < 4.78 is 0. The smallest absolute Gasteiger partial charge is 0.0209 e. The molecular weight excluding hydrogens is 172 g/mol. The molecule has 0 amide bonds. The van der Waals surface area contributed by atoms with Crippen LogP contribution < -0.4 is 5.32 Å². The van der Waals surface area contributed by atoms with Gasteiger partial charge in [0.2, 0.25) is 0 Å². The third kappa shape index (κ3) is 4.43. The van der Waals surface area contributed by atoms with Crippen molar-refractivity contribution < 1.29 is 0 Å². The molecule has 1 heterocycles. The van der Waals surface area contributed by atoms with Crippen molar-refractivity contribution >= 4 is 0 Å². The Morgan fingerprint density at radius 2 is 2.21 bits per heavy atom. The number of hydrogen-bond donors (Lipinski definition) is 1. The first-order chi connectivity index (χ1) is 6.72. The molecule has 1 fully saturated rings. The van der Waals surface area contributed by atoms with E-state index in [2.05, 4.69) is 31.1 Å². The highest BCUT2D eigenvalue weighted by Crippen LogP contribution is 2.09. The molecular formula is C12H26N2. The van der Waals surface area contributed by atoms with Crippen LogP contribution in [0.3, 0.4) is 0 Å². The lowest BCUT2D eigenvalue weighted by Gasteiger charge is -2.19. The van der Waals surface area contributed by atoms with Crippen LogP contribution in [-0.2, 0) is 0 Å². The van der Waals surface area contributed by atoms with Gasteiger partial charge in [0, 0.05) is 18.6 Å². The van der Waals surface area contributed by atoms with Gasteiger partial charge in [-0.15, -0.1) is 0 Å². The number of likely N-dealkylation sites (N-methyl/N-ethyl adjacent to an activating group) is 1. The largest absolute Gasteiger partial charge is 0.310 e. The quantitative estimate of drug-likeness (QED) is 0.659. The van der Waals surface area contributed by atoms with Crippen molar-refractivity contribution in [3.63, 3.8) is 0 Å². The van der Waals surface area contributed by atoms with E-state index >= 15 is 0 Å². The Morgan fingerprint density at radius 1 is 1.43 bits per heavy atom. The summed E-state index contributed by atoms with van der Waals surface area (Å²) in [7, 11) is 2.21. The average Bonchev–Trinajstić information content (AvgIpc) is 2.52. The highest BCUT2D eigenvalue weighted by atomic mass is 15.2. The Labute approximate surface area is 89.1 Å². The predicted molar refractivity (Wildman–Crippen MR) is 62.6 cm³/mol. The molecule has 84 valence electrons. The van der Waals surface area contributed by atoms with Gasteiger partial charge in [0.05, 0.1) is 0 Å². The van der Waals surface area contributed by atoms with Gasteiger partial charge < -0.3 is 10.2 Å². The monoisotopic (exact) mass is 198 g/mol. The highest BCUT2D eigenvalue weighted by Gasteiger charge is 2.20. The Kier molecular flexibility index (Phi) is 5.49. The molecule has 14 heavy (non-hydrogen) atoms. The van der Waals surface area contributed by atoms with Gasteiger partial charge in [0.25, 0.3) is 0 Å². The summed E-state index contributed by atoms with van der Waals surface area (Å²) in [4.78, 5) is 2.41. The van der Waals surface area contributed by atoms with Gasteiger partial charge in [-0.1, -0.05) is 26.2 Å². The van der Waals surface area contributed by atoms with E-state index in [-0.39, 0.29) is 0 Å². The summed E-state index contributed by atoms with van der Waals surface area (Å²) in [5.74, 6) is 0. The molecule has 0 spiro atoms. The van der Waals surface area contributed by atoms with Crippen LogP contribution in [0.15, 0.2) is 0 Å². The van der Waals surface area contributed by atoms with Gasteiger partial charge >= 0.3 is 0 Å². The van der Waals surface area contributed by atoms with Crippen LogP contribution in [0.25, 0.3) is 0 Å². The van der Waals surface area contributed by atoms with Gasteiger partial charge in [-0.05, 0) is 33.4 Å². The minimum absolute atomic E-state index is 0.707. The van der Waals surface area contributed by atoms with E-state index in [4.69, 9.17) is 0 Å². The van der Waals surface area contributed by atoms with E-state index in [0.717, 1.165) is 6.04 Å². The lowest BCUT2D eigenvalue weighted by molar-refractivity contribution is 0.376. The van der Waals surface area contributed by atoms with Gasteiger partial charge in [0.1, 0.15) is 0 Å². The standard InChI is InChI=1S/C12H26N2/c1-4-5-6-7-11(2)13-12-8-9-14(3)10-12/h11-13H,4-10H2,1-3H3. The second-order valence-electron chi connectivity index (χ2n) is 4.81. The number of hydrogen-bond acceptors (Lipinski definition) is 2. The summed E-state index contributed by atoms with van der Waals surface area (Å²) in [6.07, 6.45) is 6.77. The van der Waals surface area contributed by atoms with E-state index < -0.39 is 0 Å². The number of nitrogens with zero attached hydrogens (tertiary/aromatic N) is 1. The number of nitrogens with one attached hydrogen (secondary N) is 1. The minimum atomic E-state index is 0.707. The molecule has 0 aromatic heterocycles. The van der Waals surface area contributed by atoms with Crippen molar-refractivity contribution in [3.8, 4) is 0 Å². The molecule has 1 rings (SSSR count). The zero-order chi connectivity index (χ0) is 10.4. The molecule has 0 aromatic carbocycles. The summed E-state index contributed by atoms with van der Waals surface area (Å²) in [6, 6.07) is 1.45. The molecule has 1 N–H and O–H groups in total. The fourth-order valence-electron chi connectivity index (χ4n) is 2.26. The van der Waals surface area contributed by atoms with Gasteiger partial charge in [-0.3, -0.25) is 0 Å². The Hall–Kier alpha value is -0.0800. The molecule has 1 saturated heterocycles. The molecule has 2 atom stereocenters. The van der Waals surface area contributed by atoms with E-state index in [0.29, 0.717) is 6.04 Å². The number of unbranched alkanes of at least 4 members (excludes halogenated alkanes) is 2. The van der Waals surface area contributed by atoms with Crippen molar-refractivity contribution in [2.24, 2.45) is 0 Å². The van der Waals surface area contributed by atoms with E-state index in [1.165, 1.54) is 45.2 Å². The fourth-order valence-corrected chi connectivity index (χ4v) is 2.26. The molecule has 2 unspecified atom stereocenters. The van der Waals surface area contributed by atoms with Crippen LogP contribution in [0.2, 0.25) is 0 Å². The summed E-state index contributed by atoms with van der Waals surface area (Å²) in [5.41, 5.74) is 0. The van der Waals surface area contributed by atoms with Gasteiger partial charge in [0.15, 0.2) is 0 Å². The topological polar surface area (TPSA) is 15.3 Å². The van der Waals surface area contributed by atoms with Crippen molar-refractivity contribution in [2.75, 3.05) is 20.1 Å². The van der Waals surface area contributed by atoms with E-state index in [1.807, 2.05) is 0 Å². The molecule has 2 heteroatoms. The Bertz CT molecular complexity index is 147. The number of rotatable bonds is 6. The highest BCUT2D eigenvalue weighted by molar-refractivity contribution is 4.80. The fraction of sp³-hybridized carbons (Fsp3) is 1.00. The molecule has 0 bridgehead atoms. The van der Waals surface area contributed by atoms with E-state index in [1.54, 1.807) is 0 Å². The third-order valence-electron chi connectivity index (χ3n) is 3.15. The van der Waals surface area contributed by atoms with Crippen LogP contribution in [0.5, 0.6) is 0 Å². The number of likely N-dealkylation sites (tertiary alicyclic amines) is 1. The maximum absolute atomic E-state index is 3.73. The second-order valence-corrected chi connectivity index (χ2v) is 4.81. The van der Waals surface area contributed by atoms with Crippen LogP contribution >= 0.6 is 0 Å². The summed E-state index contributed by atoms with van der Waals surface area (Å²) in [6.45, 7) is 7.09. The molecule has 1 aliphatic heterocycles. The first kappa shape index (κ1) is 12.0. The van der Waals surface area contributed by atoms with Crippen molar-refractivity contribution in [3.05, 3.63) is 0 Å². The van der Waals surface area contributed by atoms with E-state index in [9.17, 15) is 0 Å². The third-order valence-corrected chi connectivity index (χ3v) is 3.15. The lowest BCUT2D eigenvalue weighted by atomic mass is 10.1. The van der Waals surface area contributed by atoms with Crippen LogP contribution in [0.4, 0.5) is 0 Å². The van der Waals surface area contributed by atoms with Gasteiger partial charge in [-0.2, -0.15) is 0 Å². The van der Waals surface area contributed by atoms with Crippen LogP contribution in [0, 0.1) is 0 Å².